The summed E-state index contributed by atoms with van der Waals surface area (Å²) in [5.74, 6) is 0. The van der Waals surface area contributed by atoms with Crippen molar-refractivity contribution in [1.29, 1.82) is 0 Å². The number of hydrogen-bond acceptors (Lipinski definition) is 2. The summed E-state index contributed by atoms with van der Waals surface area (Å²) < 4.78 is 17.1. The average Bonchev–Trinajstić information content (AvgIpc) is 1.46. The predicted octanol–water partition coefficient (Wildman–Crippen LogP) is -0.951. The van der Waals surface area contributed by atoms with E-state index in [1.54, 1.807) is 0 Å². The molecule has 0 N–H and O–H groups in total. The number of hydrogen-bond donors (Lipinski definition) is 0. The first-order chi connectivity index (χ1) is 2.41. The second kappa shape index (κ2) is 18.9. The molecule has 4 heteroatoms. The van der Waals surface area contributed by atoms with Gasteiger partial charge < -0.3 is 0 Å². The fraction of sp³-hybridized carbons (Fsp3) is 1.00. The Kier molecular flexibility index (Phi) is 35.9. The Balaban J connectivity index is 0. The second-order valence-corrected chi connectivity index (χ2v) is 0.559. The van der Waals surface area contributed by atoms with Crippen LogP contribution in [-0.2, 0) is 6.15 Å². The van der Waals surface area contributed by atoms with Gasteiger partial charge in [0.25, 0.3) is 0 Å². The molecule has 5 heavy (non-hydrogen) atoms. The fourth-order valence-electron chi connectivity index (χ4n) is 0. The fourth-order valence-corrected chi connectivity index (χ4v) is 0. The Morgan fingerprint density at radius 2 is 1.40 bits per heavy atom. The van der Waals surface area contributed by atoms with E-state index in [0.717, 1.165) is 0 Å². The van der Waals surface area contributed by atoms with Crippen LogP contribution in [0.2, 0.25) is 4.87 Å². The van der Waals surface area contributed by atoms with E-state index in [4.69, 9.17) is 6.15 Å². The van der Waals surface area contributed by atoms with Crippen molar-refractivity contribution < 1.29 is 6.15 Å². The zero-order valence-electron chi connectivity index (χ0n) is 2.89. The average molecular weight is 290 g/mol. The molecule has 0 heterocycles. The summed E-state index contributed by atoms with van der Waals surface area (Å²) in [6, 6.07) is 0. The zero-order valence-corrected chi connectivity index (χ0v) is 9.04. The van der Waals surface area contributed by atoms with Gasteiger partial charge in [-0.3, -0.25) is 0 Å². The molecule has 0 atom stereocenters. The van der Waals surface area contributed by atoms with Crippen LogP contribution in [-0.4, -0.2) is 44.1 Å². The van der Waals surface area contributed by atoms with Crippen molar-refractivity contribution in [2.24, 2.45) is 0 Å². The quantitative estimate of drug-likeness (QED) is 0.539. The van der Waals surface area contributed by atoms with Crippen LogP contribution in [0.25, 0.3) is 0 Å². The van der Waals surface area contributed by atoms with Gasteiger partial charge in [0.15, 0.2) is 0 Å². The predicted molar refractivity (Wildman–Crippen MR) is 21.5 cm³/mol. The molecule has 2 nitrogen and oxygen atoms in total. The molecule has 0 spiro atoms. The maximum atomic E-state index is 8.54. The van der Waals surface area contributed by atoms with Gasteiger partial charge in [0.2, 0.25) is 0 Å². The topological polar surface area (TPSA) is 34.1 Å². The third-order valence-corrected chi connectivity index (χ3v) is 0. The van der Waals surface area contributed by atoms with E-state index < -0.39 is 21.1 Å². The Hall–Kier alpha value is 1.22. The van der Waals surface area contributed by atoms with Gasteiger partial charge in [-0.15, -0.1) is 0 Å². The van der Waals surface area contributed by atoms with E-state index in [0.29, 0.717) is 0 Å². The van der Waals surface area contributed by atoms with E-state index in [1.807, 2.05) is 0 Å². The summed E-state index contributed by atoms with van der Waals surface area (Å²) in [5.41, 5.74) is 0. The van der Waals surface area contributed by atoms with Crippen molar-refractivity contribution in [3.05, 3.63) is 0 Å². The first kappa shape index (κ1) is 9.52. The van der Waals surface area contributed by atoms with Gasteiger partial charge in [-0.2, -0.15) is 0 Å². The van der Waals surface area contributed by atoms with Gasteiger partial charge in [0.1, 0.15) is 0 Å². The van der Waals surface area contributed by atoms with E-state index in [2.05, 4.69) is 4.87 Å². The van der Waals surface area contributed by atoms with E-state index in [9.17, 15) is 0 Å². The molecule has 0 aliphatic heterocycles. The van der Waals surface area contributed by atoms with Crippen LogP contribution >= 0.6 is 0 Å². The van der Waals surface area contributed by atoms with Crippen molar-refractivity contribution in [3.8, 4) is 0 Å². The van der Waals surface area contributed by atoms with Crippen molar-refractivity contribution in [2.45, 2.75) is 4.87 Å². The number of rotatable bonds is 0. The second-order valence-electron chi connectivity index (χ2n) is 0.0833. The molecule has 0 aliphatic rings. The molecule has 0 rings (SSSR count). The van der Waals surface area contributed by atoms with E-state index in [-0.39, 0.29) is 0 Å². The van der Waals surface area contributed by atoms with Crippen LogP contribution in [0, 0.1) is 0 Å². The van der Waals surface area contributed by atoms with Crippen LogP contribution in [0.1, 0.15) is 0 Å². The molecule has 30 valence electrons. The molecule has 0 saturated heterocycles. The standard InChI is InChI=1S/CH3.2O.Sb.Sn.2H/h1H3;;;;;;. The molecule has 0 unspecified atom stereocenters. The van der Waals surface area contributed by atoms with Gasteiger partial charge >= 0.3 is 55.2 Å². The van der Waals surface area contributed by atoms with Crippen LogP contribution in [0.15, 0.2) is 0 Å². The summed E-state index contributed by atoms with van der Waals surface area (Å²) >= 11 is -0.920. The van der Waals surface area contributed by atoms with E-state index >= 15 is 0 Å². The summed E-state index contributed by atoms with van der Waals surface area (Å²) in [7, 11) is 0. The molecule has 0 aromatic rings. The van der Waals surface area contributed by atoms with Gasteiger partial charge in [-0.25, -0.2) is 0 Å². The summed E-state index contributed by atoms with van der Waals surface area (Å²) in [4.78, 5) is 2.13. The first-order valence-electron chi connectivity index (χ1n) is 0.986. The van der Waals surface area contributed by atoms with Crippen molar-refractivity contribution in [3.63, 3.8) is 0 Å². The third kappa shape index (κ3) is 36.5. The van der Waals surface area contributed by atoms with Gasteiger partial charge in [-0.1, -0.05) is 0 Å². The van der Waals surface area contributed by atoms with Crippen LogP contribution in [0.4, 0.5) is 0 Å². The van der Waals surface area contributed by atoms with Gasteiger partial charge in [-0.05, 0) is 0 Å². The monoisotopic (exact) mass is 290 g/mol. The van der Waals surface area contributed by atoms with Crippen LogP contribution in [0.3, 0.4) is 0 Å². The van der Waals surface area contributed by atoms with Crippen molar-refractivity contribution in [1.82, 2.24) is 0 Å². The summed E-state index contributed by atoms with van der Waals surface area (Å²) in [6.45, 7) is 0. The van der Waals surface area contributed by atoms with Crippen molar-refractivity contribution >= 4 is 44.1 Å². The molecular formula is CH5O2SbSn. The molecule has 0 bridgehead atoms. The third-order valence-electron chi connectivity index (χ3n) is 0. The van der Waals surface area contributed by atoms with E-state index in [1.165, 1.54) is 23.0 Å². The maximum absolute atomic E-state index is 8.54. The molecule has 0 aromatic carbocycles. The molecule has 0 aliphatic carbocycles. The molecule has 0 radical (unpaired) electrons. The minimum atomic E-state index is -2.27. The van der Waals surface area contributed by atoms with Crippen molar-refractivity contribution in [2.75, 3.05) is 0 Å². The Bertz CT molecular complexity index is 30.6. The molecule has 0 amide bonds. The SMILES string of the molecule is [CH3][SbH2].[O]=[Sn]=[O]. The summed E-state index contributed by atoms with van der Waals surface area (Å²) in [5, 5.41) is 0. The minimum absolute atomic E-state index is 1.35. The first-order valence-corrected chi connectivity index (χ1v) is 6.61. The normalized spacial score (nSPS) is 2.80. The molecular weight excluding hydrogens is 284 g/mol. The molecule has 0 fully saturated rings. The van der Waals surface area contributed by atoms with Gasteiger partial charge in [0.05, 0.1) is 0 Å². The Labute approximate surface area is 54.8 Å². The Morgan fingerprint density at radius 1 is 1.40 bits per heavy atom. The van der Waals surface area contributed by atoms with Crippen LogP contribution in [0.5, 0.6) is 0 Å². The van der Waals surface area contributed by atoms with Crippen LogP contribution < -0.4 is 0 Å². The van der Waals surface area contributed by atoms with Gasteiger partial charge in [0, 0.05) is 0 Å². The molecule has 0 aromatic heterocycles. The zero-order chi connectivity index (χ0) is 4.71. The summed E-state index contributed by atoms with van der Waals surface area (Å²) in [6.07, 6.45) is 0. The Morgan fingerprint density at radius 3 is 1.40 bits per heavy atom. The molecule has 0 saturated carbocycles.